The summed E-state index contributed by atoms with van der Waals surface area (Å²) in [7, 11) is 1.47. The number of aliphatic imine (C=N–C) groups is 1. The first-order chi connectivity index (χ1) is 27.0. The van der Waals surface area contributed by atoms with E-state index in [2.05, 4.69) is 36.8 Å². The number of hydrogen-bond acceptors (Lipinski definition) is 8. The highest BCUT2D eigenvalue weighted by molar-refractivity contribution is 7.17. The number of rotatable bonds is 14. The first-order valence-electron chi connectivity index (χ1n) is 19.7. The molecule has 3 aliphatic rings. The number of anilines is 1. The van der Waals surface area contributed by atoms with Gasteiger partial charge in [-0.3, -0.25) is 19.4 Å². The van der Waals surface area contributed by atoms with Crippen LogP contribution in [0, 0.1) is 5.92 Å². The van der Waals surface area contributed by atoms with E-state index in [9.17, 15) is 28.3 Å². The van der Waals surface area contributed by atoms with Crippen molar-refractivity contribution in [1.29, 1.82) is 0 Å². The second-order valence-corrected chi connectivity index (χ2v) is 15.7. The first kappa shape index (κ1) is 45.4. The SMILES string of the molecule is C=C1N(CC(=O)Nc2ccc(C(F)(F)P)cc2Cl)C(CC)=C(N2CCN(C(=O)/C(N=CC)=C(O)/C(C)=C(\C)CC)CC2)C(=O)N1/N=C(/C1=CCCCC1)C(C)CC. The van der Waals surface area contributed by atoms with Gasteiger partial charge in [-0.25, -0.2) is 0 Å². The van der Waals surface area contributed by atoms with Crippen molar-refractivity contribution in [3.63, 3.8) is 0 Å². The van der Waals surface area contributed by atoms with E-state index in [0.717, 1.165) is 55.0 Å². The van der Waals surface area contributed by atoms with Crippen LogP contribution in [0.15, 0.2) is 86.3 Å². The van der Waals surface area contributed by atoms with Crippen LogP contribution in [0.25, 0.3) is 0 Å². The molecule has 1 fully saturated rings. The molecule has 2 unspecified atom stereocenters. The van der Waals surface area contributed by atoms with Crippen molar-refractivity contribution >= 4 is 56.2 Å². The van der Waals surface area contributed by atoms with E-state index < -0.39 is 23.4 Å². The van der Waals surface area contributed by atoms with Gasteiger partial charge in [0.1, 0.15) is 23.8 Å². The van der Waals surface area contributed by atoms with E-state index >= 15 is 0 Å². The number of piperazine rings is 1. The molecule has 0 aromatic heterocycles. The van der Waals surface area contributed by atoms with Crippen LogP contribution in [0.1, 0.15) is 99.0 Å². The quantitative estimate of drug-likeness (QED) is 0.0635. The summed E-state index contributed by atoms with van der Waals surface area (Å²) in [5.41, 5.74) is 0.901. The Labute approximate surface area is 343 Å². The third-order valence-corrected chi connectivity index (χ3v) is 11.5. The minimum absolute atomic E-state index is 0.0318. The van der Waals surface area contributed by atoms with E-state index in [-0.39, 0.29) is 72.2 Å². The van der Waals surface area contributed by atoms with Crippen molar-refractivity contribution in [1.82, 2.24) is 19.7 Å². The number of aliphatic hydroxyl groups excluding tert-OH is 1. The van der Waals surface area contributed by atoms with Crippen molar-refractivity contribution in [3.05, 3.63) is 86.8 Å². The highest BCUT2D eigenvalue weighted by atomic mass is 35.5. The number of alkyl halides is 2. The zero-order valence-electron chi connectivity index (χ0n) is 34.2. The number of nitrogens with zero attached hydrogens (tertiary/aromatic N) is 6. The van der Waals surface area contributed by atoms with Gasteiger partial charge in [-0.2, -0.15) is 18.9 Å². The lowest BCUT2D eigenvalue weighted by molar-refractivity contribution is -0.132. The van der Waals surface area contributed by atoms with Crippen molar-refractivity contribution in [3.8, 4) is 0 Å². The Morgan fingerprint density at radius 3 is 2.37 bits per heavy atom. The molecule has 0 spiro atoms. The predicted molar refractivity (Wildman–Crippen MR) is 228 cm³/mol. The van der Waals surface area contributed by atoms with Crippen LogP contribution in [0.3, 0.4) is 0 Å². The highest BCUT2D eigenvalue weighted by Crippen LogP contribution is 2.38. The second-order valence-electron chi connectivity index (χ2n) is 14.5. The summed E-state index contributed by atoms with van der Waals surface area (Å²) in [5, 5.41) is 20.1. The molecule has 2 N–H and O–H groups in total. The first-order valence-corrected chi connectivity index (χ1v) is 20.7. The lowest BCUT2D eigenvalue weighted by Gasteiger charge is -2.44. The molecule has 3 amide bonds. The number of nitrogens with one attached hydrogen (secondary N) is 1. The summed E-state index contributed by atoms with van der Waals surface area (Å²) in [6.07, 6.45) is 9.37. The molecule has 57 heavy (non-hydrogen) atoms. The normalized spacial score (nSPS) is 18.9. The van der Waals surface area contributed by atoms with Crippen LogP contribution in [0.4, 0.5) is 14.5 Å². The van der Waals surface area contributed by atoms with Gasteiger partial charge in [-0.15, -0.1) is 0 Å². The molecular weight excluding hydrogens is 771 g/mol. The number of carbonyl (C=O) groups is 3. The number of hydrogen-bond donors (Lipinski definition) is 2. The number of carbonyl (C=O) groups excluding carboxylic acids is 3. The van der Waals surface area contributed by atoms with E-state index in [4.69, 9.17) is 16.7 Å². The Kier molecular flexibility index (Phi) is 15.8. The van der Waals surface area contributed by atoms with E-state index in [0.29, 0.717) is 29.8 Å². The van der Waals surface area contributed by atoms with E-state index in [1.54, 1.807) is 23.6 Å². The molecule has 0 bridgehead atoms. The van der Waals surface area contributed by atoms with E-state index in [1.807, 2.05) is 25.7 Å². The number of halogens is 3. The fourth-order valence-corrected chi connectivity index (χ4v) is 7.40. The van der Waals surface area contributed by atoms with Gasteiger partial charge in [-0.1, -0.05) is 72.8 Å². The Morgan fingerprint density at radius 2 is 1.82 bits per heavy atom. The third-order valence-electron chi connectivity index (χ3n) is 10.8. The van der Waals surface area contributed by atoms with Crippen LogP contribution >= 0.6 is 20.8 Å². The monoisotopic (exact) mass is 827 g/mol. The molecule has 2 atom stereocenters. The van der Waals surface area contributed by atoms with Gasteiger partial charge in [0, 0.05) is 49.6 Å². The molecule has 2 aliphatic heterocycles. The highest BCUT2D eigenvalue weighted by Gasteiger charge is 2.40. The van der Waals surface area contributed by atoms with Crippen molar-refractivity contribution in [2.75, 3.05) is 38.0 Å². The predicted octanol–water partition coefficient (Wildman–Crippen LogP) is 9.09. The van der Waals surface area contributed by atoms with Crippen molar-refractivity contribution in [2.24, 2.45) is 16.0 Å². The smallest absolute Gasteiger partial charge is 0.298 e. The molecule has 4 rings (SSSR count). The number of allylic oxidation sites excluding steroid dienone is 5. The van der Waals surface area contributed by atoms with Gasteiger partial charge in [0.2, 0.25) is 5.91 Å². The van der Waals surface area contributed by atoms with Gasteiger partial charge in [0.05, 0.1) is 16.4 Å². The average molecular weight is 828 g/mol. The summed E-state index contributed by atoms with van der Waals surface area (Å²) in [6.45, 7) is 18.4. The Hall–Kier alpha value is -4.35. The van der Waals surface area contributed by atoms with Gasteiger partial charge in [-0.05, 0) is 89.0 Å². The maximum atomic E-state index is 14.8. The summed E-state index contributed by atoms with van der Waals surface area (Å²) >= 11 is 6.34. The van der Waals surface area contributed by atoms with Gasteiger partial charge in [0.15, 0.2) is 5.70 Å². The number of hydrazone groups is 1. The average Bonchev–Trinajstić information content (AvgIpc) is 3.20. The number of amides is 3. The minimum atomic E-state index is -3.19. The lowest BCUT2D eigenvalue weighted by Crippen LogP contribution is -2.54. The van der Waals surface area contributed by atoms with E-state index in [1.165, 1.54) is 32.6 Å². The lowest BCUT2D eigenvalue weighted by atomic mass is 9.89. The third kappa shape index (κ3) is 10.6. The molecule has 310 valence electrons. The van der Waals surface area contributed by atoms with Gasteiger partial charge in [0.25, 0.3) is 17.5 Å². The second kappa shape index (κ2) is 19.9. The molecule has 0 saturated carbocycles. The topological polar surface area (TPSA) is 121 Å². The zero-order valence-corrected chi connectivity index (χ0v) is 36.1. The molecule has 11 nitrogen and oxygen atoms in total. The fraction of sp³-hybridized carbons (Fsp3) is 0.500. The number of aliphatic hydroxyl groups is 1. The molecule has 1 aromatic carbocycles. The van der Waals surface area contributed by atoms with Crippen LogP contribution in [0.2, 0.25) is 5.02 Å². The molecule has 1 aliphatic carbocycles. The summed E-state index contributed by atoms with van der Waals surface area (Å²) in [4.78, 5) is 51.8. The number of benzene rings is 1. The Morgan fingerprint density at radius 1 is 1.14 bits per heavy atom. The van der Waals surface area contributed by atoms with Crippen molar-refractivity contribution in [2.45, 2.75) is 99.1 Å². The Balaban J connectivity index is 1.74. The molecular formula is C42H57ClF2N7O4P. The van der Waals surface area contributed by atoms with Crippen LogP contribution < -0.4 is 5.32 Å². The van der Waals surface area contributed by atoms with Crippen LogP contribution in [-0.4, -0.2) is 87.2 Å². The minimum Gasteiger partial charge on any atom is -0.505 e. The molecule has 1 saturated heterocycles. The largest absolute Gasteiger partial charge is 0.505 e. The summed E-state index contributed by atoms with van der Waals surface area (Å²) in [5.74, 6) is -1.27. The molecule has 2 heterocycles. The summed E-state index contributed by atoms with van der Waals surface area (Å²) < 4.78 is 27.9. The standard InChI is InChI=1S/C42H57ClF2N7O4P/c1-9-26(5)28(7)39(54)37(46-12-4)40(55)50-22-20-49(21-23-50)38-34(11-3)51(25-35(53)47-33-19-18-31(24-32(33)43)42(44,45)57)29(8)52(41(38)56)48-36(27(6)10-2)30-16-14-13-15-17-30/h12,16,18-19,24,27,54H,8-11,13-15,17,20-23,25,57H2,1-7H3,(H,47,53)/b28-26+,39-37+,46-12?,48-36+. The van der Waals surface area contributed by atoms with Crippen molar-refractivity contribution < 1.29 is 28.3 Å². The maximum absolute atomic E-state index is 14.8. The van der Waals surface area contributed by atoms with Gasteiger partial charge >= 0.3 is 0 Å². The van der Waals surface area contributed by atoms with Crippen LogP contribution in [-0.2, 0) is 20.0 Å². The fourth-order valence-electron chi connectivity index (χ4n) is 6.99. The maximum Gasteiger partial charge on any atom is 0.298 e. The van der Waals surface area contributed by atoms with Gasteiger partial charge < -0.3 is 25.1 Å². The zero-order chi connectivity index (χ0) is 42.2. The summed E-state index contributed by atoms with van der Waals surface area (Å²) in [6, 6.07) is 3.62. The molecule has 0 radical (unpaired) electrons. The molecule has 1 aromatic rings. The van der Waals surface area contributed by atoms with Crippen LogP contribution in [0.5, 0.6) is 0 Å². The Bertz CT molecular complexity index is 1930. The molecule has 15 heteroatoms.